The minimum Gasteiger partial charge on any atom is -0.457 e. The third-order valence-corrected chi connectivity index (χ3v) is 3.49. The van der Waals surface area contributed by atoms with Crippen molar-refractivity contribution in [1.29, 1.82) is 0 Å². The Balaban J connectivity index is 2.18. The number of carbonyl (C=O) groups excluding carboxylic acids is 1. The summed E-state index contributed by atoms with van der Waals surface area (Å²) in [5.74, 6) is 1.08. The Hall–Kier alpha value is -2.59. The molecule has 0 spiro atoms. The summed E-state index contributed by atoms with van der Waals surface area (Å²) in [6, 6.07) is 15.4. The molecule has 1 amide bonds. The average Bonchev–Trinajstić information content (AvgIpc) is 2.54. The van der Waals surface area contributed by atoms with Crippen LogP contribution in [0.2, 0.25) is 0 Å². The molecule has 0 radical (unpaired) electrons. The molecule has 2 rings (SSSR count). The Labute approximate surface area is 136 Å². The standard InChI is InChI=1S/C19H21NO3/c1-4-16(13-20(22)15(3)21)17-6-5-7-19(12-17)23-18-10-8-14(2)9-11-18/h4-12,22H,13H2,1-3H3. The summed E-state index contributed by atoms with van der Waals surface area (Å²) in [4.78, 5) is 11.2. The lowest BCUT2D eigenvalue weighted by Gasteiger charge is -2.16. The van der Waals surface area contributed by atoms with Crippen LogP contribution in [0.5, 0.6) is 11.5 Å². The number of aryl methyl sites for hydroxylation is 1. The number of amides is 1. The Bertz CT molecular complexity index is 705. The number of allylic oxidation sites excluding steroid dienone is 1. The number of ether oxygens (including phenoxy) is 1. The van der Waals surface area contributed by atoms with Crippen LogP contribution in [0.1, 0.15) is 25.0 Å². The van der Waals surface area contributed by atoms with Gasteiger partial charge in [-0.15, -0.1) is 0 Å². The van der Waals surface area contributed by atoms with Gasteiger partial charge in [0, 0.05) is 6.92 Å². The zero-order valence-corrected chi connectivity index (χ0v) is 13.6. The first-order valence-corrected chi connectivity index (χ1v) is 7.46. The summed E-state index contributed by atoms with van der Waals surface area (Å²) >= 11 is 0. The summed E-state index contributed by atoms with van der Waals surface area (Å²) < 4.78 is 5.85. The molecule has 0 aromatic heterocycles. The number of benzene rings is 2. The van der Waals surface area contributed by atoms with Crippen LogP contribution in [0.4, 0.5) is 0 Å². The lowest BCUT2D eigenvalue weighted by atomic mass is 10.1. The van der Waals surface area contributed by atoms with Gasteiger partial charge in [-0.05, 0) is 49.2 Å². The third-order valence-electron chi connectivity index (χ3n) is 3.49. The van der Waals surface area contributed by atoms with Crippen molar-refractivity contribution >= 4 is 11.5 Å². The molecule has 2 aromatic rings. The Kier molecular flexibility index (Phi) is 5.55. The SMILES string of the molecule is CC=C(CN(O)C(C)=O)c1cccc(Oc2ccc(C)cc2)c1. The van der Waals surface area contributed by atoms with Gasteiger partial charge in [-0.2, -0.15) is 0 Å². The normalized spacial score (nSPS) is 11.2. The van der Waals surface area contributed by atoms with E-state index in [4.69, 9.17) is 4.74 Å². The van der Waals surface area contributed by atoms with Crippen molar-refractivity contribution in [2.24, 2.45) is 0 Å². The second kappa shape index (κ2) is 7.61. The van der Waals surface area contributed by atoms with E-state index in [1.807, 2.05) is 68.5 Å². The fraction of sp³-hybridized carbons (Fsp3) is 0.211. The molecule has 0 unspecified atom stereocenters. The fourth-order valence-corrected chi connectivity index (χ4v) is 2.12. The minimum atomic E-state index is -0.392. The minimum absolute atomic E-state index is 0.139. The highest BCUT2D eigenvalue weighted by atomic mass is 16.5. The van der Waals surface area contributed by atoms with Crippen LogP contribution < -0.4 is 4.74 Å². The van der Waals surface area contributed by atoms with E-state index >= 15 is 0 Å². The molecule has 0 aliphatic carbocycles. The molecule has 23 heavy (non-hydrogen) atoms. The maximum Gasteiger partial charge on any atom is 0.243 e. The van der Waals surface area contributed by atoms with Gasteiger partial charge in [-0.25, -0.2) is 5.06 Å². The van der Waals surface area contributed by atoms with E-state index in [1.165, 1.54) is 12.5 Å². The van der Waals surface area contributed by atoms with Crippen LogP contribution in [0.15, 0.2) is 54.6 Å². The summed E-state index contributed by atoms with van der Waals surface area (Å²) in [5, 5.41) is 10.3. The molecule has 4 nitrogen and oxygen atoms in total. The van der Waals surface area contributed by atoms with Crippen molar-refractivity contribution < 1.29 is 14.7 Å². The molecule has 0 bridgehead atoms. The van der Waals surface area contributed by atoms with Gasteiger partial charge in [0.2, 0.25) is 5.91 Å². The second-order valence-electron chi connectivity index (χ2n) is 5.33. The highest BCUT2D eigenvalue weighted by Gasteiger charge is 2.10. The van der Waals surface area contributed by atoms with Crippen LogP contribution in [0.3, 0.4) is 0 Å². The topological polar surface area (TPSA) is 49.8 Å². The van der Waals surface area contributed by atoms with Gasteiger partial charge in [-0.3, -0.25) is 10.0 Å². The molecule has 0 aliphatic rings. The molecule has 0 atom stereocenters. The molecule has 0 fully saturated rings. The molecule has 120 valence electrons. The van der Waals surface area contributed by atoms with Crippen LogP contribution in [0.25, 0.3) is 5.57 Å². The number of nitrogens with zero attached hydrogens (tertiary/aromatic N) is 1. The van der Waals surface area contributed by atoms with E-state index in [2.05, 4.69) is 0 Å². The van der Waals surface area contributed by atoms with E-state index < -0.39 is 5.91 Å². The van der Waals surface area contributed by atoms with E-state index in [9.17, 15) is 10.0 Å². The van der Waals surface area contributed by atoms with Crippen LogP contribution in [0, 0.1) is 6.92 Å². The van der Waals surface area contributed by atoms with E-state index in [0.717, 1.165) is 16.9 Å². The quantitative estimate of drug-likeness (QED) is 0.656. The zero-order valence-electron chi connectivity index (χ0n) is 13.6. The van der Waals surface area contributed by atoms with Crippen molar-refractivity contribution in [3.05, 3.63) is 65.7 Å². The van der Waals surface area contributed by atoms with Crippen molar-refractivity contribution in [2.75, 3.05) is 6.54 Å². The summed E-state index contributed by atoms with van der Waals surface area (Å²) in [7, 11) is 0. The van der Waals surface area contributed by atoms with Gasteiger partial charge >= 0.3 is 0 Å². The fourth-order valence-electron chi connectivity index (χ4n) is 2.12. The molecule has 4 heteroatoms. The molecule has 0 saturated heterocycles. The Morgan fingerprint density at radius 1 is 1.17 bits per heavy atom. The van der Waals surface area contributed by atoms with Gasteiger partial charge in [0.25, 0.3) is 0 Å². The summed E-state index contributed by atoms with van der Waals surface area (Å²) in [5.41, 5.74) is 2.92. The van der Waals surface area contributed by atoms with E-state index in [1.54, 1.807) is 0 Å². The lowest BCUT2D eigenvalue weighted by Crippen LogP contribution is -2.26. The molecular weight excluding hydrogens is 290 g/mol. The predicted molar refractivity (Wildman–Crippen MR) is 90.5 cm³/mol. The second-order valence-corrected chi connectivity index (χ2v) is 5.33. The smallest absolute Gasteiger partial charge is 0.243 e. The number of hydroxylamine groups is 2. The Morgan fingerprint density at radius 3 is 2.48 bits per heavy atom. The maximum atomic E-state index is 11.2. The van der Waals surface area contributed by atoms with Crippen LogP contribution in [-0.2, 0) is 4.79 Å². The number of hydrogen-bond acceptors (Lipinski definition) is 3. The van der Waals surface area contributed by atoms with Crippen LogP contribution >= 0.6 is 0 Å². The lowest BCUT2D eigenvalue weighted by molar-refractivity contribution is -0.159. The van der Waals surface area contributed by atoms with E-state index in [-0.39, 0.29) is 6.54 Å². The van der Waals surface area contributed by atoms with Gasteiger partial charge in [-0.1, -0.05) is 35.9 Å². The first kappa shape index (κ1) is 16.8. The highest BCUT2D eigenvalue weighted by Crippen LogP contribution is 2.25. The Morgan fingerprint density at radius 2 is 1.87 bits per heavy atom. The first-order valence-electron chi connectivity index (χ1n) is 7.46. The molecule has 0 aliphatic heterocycles. The van der Waals surface area contributed by atoms with E-state index in [0.29, 0.717) is 10.8 Å². The molecular formula is C19H21NO3. The number of carbonyl (C=O) groups is 1. The molecule has 1 N–H and O–H groups in total. The van der Waals surface area contributed by atoms with Gasteiger partial charge in [0.1, 0.15) is 11.5 Å². The first-order chi connectivity index (χ1) is 11.0. The number of rotatable bonds is 5. The van der Waals surface area contributed by atoms with Crippen LogP contribution in [-0.4, -0.2) is 22.7 Å². The van der Waals surface area contributed by atoms with Crippen molar-refractivity contribution in [1.82, 2.24) is 5.06 Å². The zero-order chi connectivity index (χ0) is 16.8. The van der Waals surface area contributed by atoms with Crippen molar-refractivity contribution in [2.45, 2.75) is 20.8 Å². The molecule has 2 aromatic carbocycles. The van der Waals surface area contributed by atoms with Crippen molar-refractivity contribution in [3.8, 4) is 11.5 Å². The summed E-state index contributed by atoms with van der Waals surface area (Å²) in [6.07, 6.45) is 1.87. The number of hydrogen-bond donors (Lipinski definition) is 1. The molecule has 0 saturated carbocycles. The predicted octanol–water partition coefficient (Wildman–Crippen LogP) is 4.43. The van der Waals surface area contributed by atoms with Crippen molar-refractivity contribution in [3.63, 3.8) is 0 Å². The average molecular weight is 311 g/mol. The van der Waals surface area contributed by atoms with Gasteiger partial charge in [0.15, 0.2) is 0 Å². The third kappa shape index (κ3) is 4.69. The van der Waals surface area contributed by atoms with Gasteiger partial charge in [0.05, 0.1) is 6.54 Å². The maximum absolute atomic E-state index is 11.2. The molecule has 0 heterocycles. The largest absolute Gasteiger partial charge is 0.457 e. The summed E-state index contributed by atoms with van der Waals surface area (Å²) in [6.45, 7) is 5.36. The van der Waals surface area contributed by atoms with Gasteiger partial charge < -0.3 is 4.74 Å². The monoisotopic (exact) mass is 311 g/mol. The highest BCUT2D eigenvalue weighted by molar-refractivity contribution is 5.76.